The minimum atomic E-state index is -0.718. The van der Waals surface area contributed by atoms with Gasteiger partial charge in [0.2, 0.25) is 5.91 Å². The van der Waals surface area contributed by atoms with E-state index in [-0.39, 0.29) is 11.7 Å². The molecule has 0 saturated carbocycles. The molecule has 3 N–H and O–H groups in total. The van der Waals surface area contributed by atoms with Crippen LogP contribution in [0, 0.1) is 5.82 Å². The van der Waals surface area contributed by atoms with Crippen LogP contribution in [0.15, 0.2) is 36.4 Å². The van der Waals surface area contributed by atoms with Gasteiger partial charge in [0.1, 0.15) is 5.75 Å². The molecule has 2 rings (SSSR count). The number of anilines is 1. The van der Waals surface area contributed by atoms with Crippen LogP contribution in [0.1, 0.15) is 58.3 Å². The maximum absolute atomic E-state index is 13.6. The predicted octanol–water partition coefficient (Wildman–Crippen LogP) is 5.98. The molecular formula is C22H28FNO3. The first kappa shape index (κ1) is 20.7. The normalized spacial score (nSPS) is 10.7. The molecule has 0 unspecified atom stereocenters. The third-order valence-corrected chi connectivity index (χ3v) is 4.56. The number of aromatic hydroxyl groups is 2. The van der Waals surface area contributed by atoms with E-state index in [2.05, 4.69) is 12.2 Å². The van der Waals surface area contributed by atoms with Crippen molar-refractivity contribution in [2.24, 2.45) is 0 Å². The molecular weight excluding hydrogens is 345 g/mol. The summed E-state index contributed by atoms with van der Waals surface area (Å²) < 4.78 is 13.6. The molecule has 0 atom stereocenters. The fourth-order valence-electron chi connectivity index (χ4n) is 2.96. The van der Waals surface area contributed by atoms with E-state index in [1.165, 1.54) is 43.9 Å². The van der Waals surface area contributed by atoms with Crippen LogP contribution in [-0.4, -0.2) is 16.1 Å². The highest BCUT2D eigenvalue weighted by atomic mass is 19.1. The van der Waals surface area contributed by atoms with Crippen LogP contribution in [0.2, 0.25) is 0 Å². The van der Waals surface area contributed by atoms with Gasteiger partial charge in [-0.15, -0.1) is 0 Å². The highest BCUT2D eigenvalue weighted by molar-refractivity contribution is 5.93. The standard InChI is InChI=1S/C22H28FNO3/c1-2-3-4-5-6-7-8-9-22(27)24-19-15-17(11-13-21(19)26)16-10-12-20(25)18(23)14-16/h10-15,25-26H,2-9H2,1H3,(H,24,27). The number of phenols is 2. The van der Waals surface area contributed by atoms with Gasteiger partial charge in [0, 0.05) is 6.42 Å². The molecule has 2 aromatic carbocycles. The Morgan fingerprint density at radius 1 is 0.889 bits per heavy atom. The third-order valence-electron chi connectivity index (χ3n) is 4.56. The van der Waals surface area contributed by atoms with Crippen molar-refractivity contribution in [2.75, 3.05) is 5.32 Å². The second kappa shape index (κ2) is 10.6. The van der Waals surface area contributed by atoms with E-state index in [9.17, 15) is 19.4 Å². The first-order valence-electron chi connectivity index (χ1n) is 9.63. The summed E-state index contributed by atoms with van der Waals surface area (Å²) >= 11 is 0. The Hall–Kier alpha value is -2.56. The second-order valence-corrected chi connectivity index (χ2v) is 6.82. The van der Waals surface area contributed by atoms with Gasteiger partial charge in [-0.25, -0.2) is 4.39 Å². The number of rotatable bonds is 10. The van der Waals surface area contributed by atoms with Crippen molar-refractivity contribution in [1.82, 2.24) is 0 Å². The Morgan fingerprint density at radius 3 is 2.15 bits per heavy atom. The molecule has 1 amide bonds. The molecule has 27 heavy (non-hydrogen) atoms. The van der Waals surface area contributed by atoms with Crippen molar-refractivity contribution in [1.29, 1.82) is 0 Å². The molecule has 0 saturated heterocycles. The van der Waals surface area contributed by atoms with Gasteiger partial charge < -0.3 is 15.5 Å². The summed E-state index contributed by atoms with van der Waals surface area (Å²) in [5.74, 6) is -1.32. The van der Waals surface area contributed by atoms with Crippen molar-refractivity contribution < 1.29 is 19.4 Å². The van der Waals surface area contributed by atoms with E-state index >= 15 is 0 Å². The van der Waals surface area contributed by atoms with Crippen LogP contribution in [0.5, 0.6) is 11.5 Å². The summed E-state index contributed by atoms with van der Waals surface area (Å²) in [5.41, 5.74) is 1.49. The molecule has 4 nitrogen and oxygen atoms in total. The summed E-state index contributed by atoms with van der Waals surface area (Å²) in [6, 6.07) is 8.76. The zero-order valence-corrected chi connectivity index (χ0v) is 15.8. The number of carbonyl (C=O) groups is 1. The fourth-order valence-corrected chi connectivity index (χ4v) is 2.96. The lowest BCUT2D eigenvalue weighted by Gasteiger charge is -2.10. The topological polar surface area (TPSA) is 69.6 Å². The van der Waals surface area contributed by atoms with Crippen LogP contribution in [0.4, 0.5) is 10.1 Å². The average molecular weight is 373 g/mol. The van der Waals surface area contributed by atoms with Gasteiger partial charge in [-0.1, -0.05) is 57.6 Å². The van der Waals surface area contributed by atoms with Crippen molar-refractivity contribution in [2.45, 2.75) is 58.3 Å². The lowest BCUT2D eigenvalue weighted by Crippen LogP contribution is -2.11. The van der Waals surface area contributed by atoms with E-state index in [1.807, 2.05) is 0 Å². The molecule has 146 valence electrons. The van der Waals surface area contributed by atoms with Crippen molar-refractivity contribution in [3.8, 4) is 22.6 Å². The number of hydrogen-bond donors (Lipinski definition) is 3. The maximum atomic E-state index is 13.6. The van der Waals surface area contributed by atoms with Crippen molar-refractivity contribution in [3.63, 3.8) is 0 Å². The number of carbonyl (C=O) groups excluding carboxylic acids is 1. The number of benzene rings is 2. The van der Waals surface area contributed by atoms with Crippen LogP contribution < -0.4 is 5.32 Å². The monoisotopic (exact) mass is 373 g/mol. The summed E-state index contributed by atoms with van der Waals surface area (Å²) in [5, 5.41) is 22.0. The molecule has 0 aliphatic rings. The summed E-state index contributed by atoms with van der Waals surface area (Å²) in [7, 11) is 0. The molecule has 0 heterocycles. The van der Waals surface area contributed by atoms with Crippen LogP contribution in [0.25, 0.3) is 11.1 Å². The largest absolute Gasteiger partial charge is 0.506 e. The van der Waals surface area contributed by atoms with Crippen molar-refractivity contribution >= 4 is 11.6 Å². The second-order valence-electron chi connectivity index (χ2n) is 6.82. The van der Waals surface area contributed by atoms with Crippen LogP contribution in [0.3, 0.4) is 0 Å². The lowest BCUT2D eigenvalue weighted by atomic mass is 10.0. The Labute approximate surface area is 160 Å². The Morgan fingerprint density at radius 2 is 1.48 bits per heavy atom. The maximum Gasteiger partial charge on any atom is 0.224 e. The number of halogens is 1. The Bertz CT molecular complexity index is 761. The summed E-state index contributed by atoms with van der Waals surface area (Å²) in [6.45, 7) is 2.19. The summed E-state index contributed by atoms with van der Waals surface area (Å²) in [4.78, 5) is 12.1. The third kappa shape index (κ3) is 6.59. The average Bonchev–Trinajstić information content (AvgIpc) is 2.65. The minimum Gasteiger partial charge on any atom is -0.506 e. The molecule has 0 spiro atoms. The van der Waals surface area contributed by atoms with Gasteiger partial charge in [0.25, 0.3) is 0 Å². The van der Waals surface area contributed by atoms with E-state index in [4.69, 9.17) is 0 Å². The fraction of sp³-hybridized carbons (Fsp3) is 0.409. The number of hydrogen-bond acceptors (Lipinski definition) is 3. The highest BCUT2D eigenvalue weighted by Crippen LogP contribution is 2.31. The summed E-state index contributed by atoms with van der Waals surface area (Å²) in [6.07, 6.45) is 8.34. The smallest absolute Gasteiger partial charge is 0.224 e. The molecule has 0 fully saturated rings. The van der Waals surface area contributed by atoms with Crippen LogP contribution in [-0.2, 0) is 4.79 Å². The zero-order valence-electron chi connectivity index (χ0n) is 15.8. The minimum absolute atomic E-state index is 0.0362. The highest BCUT2D eigenvalue weighted by Gasteiger charge is 2.10. The Balaban J connectivity index is 1.90. The first-order valence-corrected chi connectivity index (χ1v) is 9.63. The number of amides is 1. The van der Waals surface area contributed by atoms with Crippen molar-refractivity contribution in [3.05, 3.63) is 42.2 Å². The molecule has 5 heteroatoms. The molecule has 0 aromatic heterocycles. The lowest BCUT2D eigenvalue weighted by molar-refractivity contribution is -0.116. The van der Waals surface area contributed by atoms with Gasteiger partial charge in [0.05, 0.1) is 5.69 Å². The van der Waals surface area contributed by atoms with Gasteiger partial charge in [-0.2, -0.15) is 0 Å². The molecule has 0 radical (unpaired) electrons. The number of phenolic OH excluding ortho intramolecular Hbond substituents is 2. The van der Waals surface area contributed by atoms with Gasteiger partial charge in [-0.05, 0) is 41.8 Å². The van der Waals surface area contributed by atoms with Crippen LogP contribution >= 0.6 is 0 Å². The predicted molar refractivity (Wildman–Crippen MR) is 106 cm³/mol. The Kier molecular flexibility index (Phi) is 8.11. The van der Waals surface area contributed by atoms with E-state index in [0.29, 0.717) is 23.2 Å². The van der Waals surface area contributed by atoms with E-state index in [0.717, 1.165) is 19.3 Å². The van der Waals surface area contributed by atoms with E-state index < -0.39 is 11.6 Å². The van der Waals surface area contributed by atoms with Gasteiger partial charge in [-0.3, -0.25) is 4.79 Å². The zero-order chi connectivity index (χ0) is 19.6. The molecule has 0 aliphatic carbocycles. The van der Waals surface area contributed by atoms with Gasteiger partial charge >= 0.3 is 0 Å². The number of unbranched alkanes of at least 4 members (excludes halogenated alkanes) is 6. The quantitative estimate of drug-likeness (QED) is 0.354. The van der Waals surface area contributed by atoms with Gasteiger partial charge in [0.15, 0.2) is 11.6 Å². The molecule has 0 aliphatic heterocycles. The first-order chi connectivity index (χ1) is 13.0. The molecule has 2 aromatic rings. The van der Waals surface area contributed by atoms with E-state index in [1.54, 1.807) is 18.2 Å². The SMILES string of the molecule is CCCCCCCCCC(=O)Nc1cc(-c2ccc(O)c(F)c2)ccc1O. The molecule has 0 bridgehead atoms. The number of nitrogens with one attached hydrogen (secondary N) is 1.